The van der Waals surface area contributed by atoms with Crippen molar-refractivity contribution in [3.63, 3.8) is 0 Å². The Balaban J connectivity index is 1.53. The quantitative estimate of drug-likeness (QED) is 0.484. The van der Waals surface area contributed by atoms with Crippen LogP contribution in [0.25, 0.3) is 0 Å². The van der Waals surface area contributed by atoms with E-state index in [2.05, 4.69) is 37.6 Å². The van der Waals surface area contributed by atoms with Crippen LogP contribution in [-0.4, -0.2) is 75.2 Å². The number of anilines is 1. The van der Waals surface area contributed by atoms with Crippen molar-refractivity contribution in [2.45, 2.75) is 25.3 Å². The Morgan fingerprint density at radius 3 is 2.56 bits per heavy atom. The number of aromatic nitrogens is 1. The first-order valence-corrected chi connectivity index (χ1v) is 11.1. The fraction of sp³-hybridized carbons (Fsp3) is 0.458. The Morgan fingerprint density at radius 2 is 1.94 bits per heavy atom. The lowest BCUT2D eigenvalue weighted by atomic mass is 10.1. The molecule has 0 spiro atoms. The Bertz CT molecular complexity index is 862. The van der Waals surface area contributed by atoms with E-state index in [1.807, 2.05) is 36.5 Å². The molecular formula is C24H34N6O2. The van der Waals surface area contributed by atoms with Gasteiger partial charge in [0.05, 0.1) is 7.11 Å². The average molecular weight is 439 g/mol. The third kappa shape index (κ3) is 7.14. The molecule has 8 heteroatoms. The molecule has 1 aliphatic heterocycles. The smallest absolute Gasteiger partial charge is 0.243 e. The zero-order valence-electron chi connectivity index (χ0n) is 19.3. The minimum absolute atomic E-state index is 0.0220. The van der Waals surface area contributed by atoms with Crippen LogP contribution in [0.4, 0.5) is 5.82 Å². The second-order valence-corrected chi connectivity index (χ2v) is 8.07. The number of carbonyl (C=O) groups is 1. The van der Waals surface area contributed by atoms with Crippen molar-refractivity contribution in [2.24, 2.45) is 4.99 Å². The third-order valence-electron chi connectivity index (χ3n) is 5.55. The van der Waals surface area contributed by atoms with E-state index in [0.717, 1.165) is 50.5 Å². The van der Waals surface area contributed by atoms with Gasteiger partial charge in [0, 0.05) is 46.0 Å². The Kier molecular flexibility index (Phi) is 8.71. The van der Waals surface area contributed by atoms with E-state index in [4.69, 9.17) is 4.74 Å². The fourth-order valence-corrected chi connectivity index (χ4v) is 3.55. The molecule has 2 heterocycles. The molecule has 1 aromatic carbocycles. The highest BCUT2D eigenvalue weighted by Crippen LogP contribution is 2.17. The highest BCUT2D eigenvalue weighted by molar-refractivity contribution is 5.85. The second kappa shape index (κ2) is 11.9. The molecule has 1 amide bonds. The molecule has 0 saturated carbocycles. The number of aliphatic imine (C=N–C) groups is 1. The molecule has 0 atom stereocenters. The van der Waals surface area contributed by atoms with Gasteiger partial charge < -0.3 is 25.2 Å². The van der Waals surface area contributed by atoms with Crippen LogP contribution in [0.5, 0.6) is 5.75 Å². The zero-order chi connectivity index (χ0) is 22.8. The number of pyridine rings is 1. The standard InChI is InChI=1S/C24H34N6O2/c1-29(2)23(31)18-27-24(26-15-11-19-7-9-21(32-3)10-8-19)28-20-12-16-30(17-13-20)22-6-4-5-14-25-22/h4-10,14,20H,11-13,15-18H2,1-3H3,(H2,26,27,28). The SMILES string of the molecule is COc1ccc(CCNC(=NCC(=O)N(C)C)NC2CCN(c3ccccn3)CC2)cc1. The number of rotatable bonds is 8. The first-order valence-electron chi connectivity index (χ1n) is 11.1. The van der Waals surface area contributed by atoms with Gasteiger partial charge in [0.25, 0.3) is 0 Å². The second-order valence-electron chi connectivity index (χ2n) is 8.07. The molecule has 32 heavy (non-hydrogen) atoms. The maximum atomic E-state index is 12.0. The summed E-state index contributed by atoms with van der Waals surface area (Å²) in [6, 6.07) is 14.4. The summed E-state index contributed by atoms with van der Waals surface area (Å²) in [5.74, 6) is 2.54. The van der Waals surface area contributed by atoms with Crippen molar-refractivity contribution in [3.05, 3.63) is 54.2 Å². The Morgan fingerprint density at radius 1 is 1.19 bits per heavy atom. The topological polar surface area (TPSA) is 82.1 Å². The number of hydrogen-bond acceptors (Lipinski definition) is 5. The van der Waals surface area contributed by atoms with Gasteiger partial charge in [-0.2, -0.15) is 0 Å². The zero-order valence-corrected chi connectivity index (χ0v) is 19.3. The molecule has 2 N–H and O–H groups in total. The number of nitrogens with one attached hydrogen (secondary N) is 2. The van der Waals surface area contributed by atoms with Gasteiger partial charge in [0.2, 0.25) is 5.91 Å². The van der Waals surface area contributed by atoms with Crippen molar-refractivity contribution < 1.29 is 9.53 Å². The highest BCUT2D eigenvalue weighted by atomic mass is 16.5. The summed E-state index contributed by atoms with van der Waals surface area (Å²) in [5.41, 5.74) is 1.21. The fourth-order valence-electron chi connectivity index (χ4n) is 3.55. The normalized spacial score (nSPS) is 14.7. The van der Waals surface area contributed by atoms with Gasteiger partial charge >= 0.3 is 0 Å². The molecule has 1 aliphatic rings. The van der Waals surface area contributed by atoms with E-state index in [1.165, 1.54) is 5.56 Å². The third-order valence-corrected chi connectivity index (χ3v) is 5.55. The number of guanidine groups is 1. The van der Waals surface area contributed by atoms with E-state index < -0.39 is 0 Å². The van der Waals surface area contributed by atoms with Crippen LogP contribution in [-0.2, 0) is 11.2 Å². The molecule has 1 fully saturated rings. The van der Waals surface area contributed by atoms with Gasteiger partial charge in [-0.1, -0.05) is 18.2 Å². The lowest BCUT2D eigenvalue weighted by Gasteiger charge is -2.33. The molecule has 1 aromatic heterocycles. The van der Waals surface area contributed by atoms with Crippen molar-refractivity contribution in [1.82, 2.24) is 20.5 Å². The van der Waals surface area contributed by atoms with E-state index in [0.29, 0.717) is 12.0 Å². The highest BCUT2D eigenvalue weighted by Gasteiger charge is 2.21. The van der Waals surface area contributed by atoms with Crippen LogP contribution in [0.2, 0.25) is 0 Å². The van der Waals surface area contributed by atoms with E-state index in [1.54, 1.807) is 26.1 Å². The predicted molar refractivity (Wildman–Crippen MR) is 128 cm³/mol. The van der Waals surface area contributed by atoms with Crippen LogP contribution >= 0.6 is 0 Å². The van der Waals surface area contributed by atoms with Gasteiger partial charge in [0.1, 0.15) is 18.1 Å². The van der Waals surface area contributed by atoms with Gasteiger partial charge in [-0.15, -0.1) is 0 Å². The number of piperidine rings is 1. The minimum atomic E-state index is -0.0220. The lowest BCUT2D eigenvalue weighted by Crippen LogP contribution is -2.49. The number of hydrogen-bond donors (Lipinski definition) is 2. The number of carbonyl (C=O) groups excluding carboxylic acids is 1. The summed E-state index contributed by atoms with van der Waals surface area (Å²) in [4.78, 5) is 24.9. The van der Waals surface area contributed by atoms with E-state index >= 15 is 0 Å². The molecule has 0 radical (unpaired) electrons. The van der Waals surface area contributed by atoms with Crippen molar-refractivity contribution in [3.8, 4) is 5.75 Å². The van der Waals surface area contributed by atoms with Gasteiger partial charge in [-0.25, -0.2) is 9.98 Å². The van der Waals surface area contributed by atoms with Crippen LogP contribution in [0.3, 0.4) is 0 Å². The van der Waals surface area contributed by atoms with E-state index in [-0.39, 0.29) is 12.5 Å². The summed E-state index contributed by atoms with van der Waals surface area (Å²) in [5, 5.41) is 6.92. The number of nitrogens with zero attached hydrogens (tertiary/aromatic N) is 4. The maximum absolute atomic E-state index is 12.0. The first kappa shape index (κ1) is 23.4. The minimum Gasteiger partial charge on any atom is -0.497 e. The molecule has 3 rings (SSSR count). The summed E-state index contributed by atoms with van der Waals surface area (Å²) in [6.07, 6.45) is 4.65. The molecule has 0 unspecified atom stereocenters. The largest absolute Gasteiger partial charge is 0.497 e. The average Bonchev–Trinajstić information content (AvgIpc) is 2.83. The maximum Gasteiger partial charge on any atom is 0.243 e. The van der Waals surface area contributed by atoms with Crippen LogP contribution in [0.15, 0.2) is 53.7 Å². The number of amides is 1. The van der Waals surface area contributed by atoms with Crippen LogP contribution in [0, 0.1) is 0 Å². The molecule has 172 valence electrons. The summed E-state index contributed by atoms with van der Waals surface area (Å²) in [6.45, 7) is 2.72. The molecule has 0 bridgehead atoms. The number of benzene rings is 1. The molecular weight excluding hydrogens is 404 g/mol. The predicted octanol–water partition coefficient (Wildman–Crippen LogP) is 1.93. The molecule has 0 aliphatic carbocycles. The van der Waals surface area contributed by atoms with Crippen molar-refractivity contribution >= 4 is 17.7 Å². The van der Waals surface area contributed by atoms with Gasteiger partial charge in [0.15, 0.2) is 5.96 Å². The number of likely N-dealkylation sites (N-methyl/N-ethyl adjacent to an activating group) is 1. The van der Waals surface area contributed by atoms with Crippen LogP contribution < -0.4 is 20.3 Å². The number of ether oxygens (including phenoxy) is 1. The van der Waals surface area contributed by atoms with Crippen LogP contribution in [0.1, 0.15) is 18.4 Å². The van der Waals surface area contributed by atoms with Crippen molar-refractivity contribution in [1.29, 1.82) is 0 Å². The Hall–Kier alpha value is -3.29. The van der Waals surface area contributed by atoms with Crippen molar-refractivity contribution in [2.75, 3.05) is 52.3 Å². The summed E-state index contributed by atoms with van der Waals surface area (Å²) >= 11 is 0. The summed E-state index contributed by atoms with van der Waals surface area (Å²) < 4.78 is 5.22. The van der Waals surface area contributed by atoms with Gasteiger partial charge in [-0.3, -0.25) is 4.79 Å². The number of methoxy groups -OCH3 is 1. The monoisotopic (exact) mass is 438 g/mol. The molecule has 2 aromatic rings. The molecule has 8 nitrogen and oxygen atoms in total. The first-order chi connectivity index (χ1) is 15.5. The van der Waals surface area contributed by atoms with E-state index in [9.17, 15) is 4.79 Å². The molecule has 1 saturated heterocycles. The Labute approximate surface area is 190 Å². The van der Waals surface area contributed by atoms with Gasteiger partial charge in [-0.05, 0) is 49.1 Å². The lowest BCUT2D eigenvalue weighted by molar-refractivity contribution is -0.127. The summed E-state index contributed by atoms with van der Waals surface area (Å²) in [7, 11) is 5.16.